The number of hydrogen-bond donors (Lipinski definition) is 2. The molecule has 0 saturated carbocycles. The van der Waals surface area contributed by atoms with Crippen molar-refractivity contribution in [3.63, 3.8) is 0 Å². The average molecular weight is 323 g/mol. The summed E-state index contributed by atoms with van der Waals surface area (Å²) in [6.07, 6.45) is 2.19. The molecular formula is C18H21N5O. The Morgan fingerprint density at radius 1 is 1.29 bits per heavy atom. The maximum absolute atomic E-state index is 11.9. The average Bonchev–Trinajstić information content (AvgIpc) is 2.96. The van der Waals surface area contributed by atoms with Crippen LogP contribution >= 0.6 is 0 Å². The van der Waals surface area contributed by atoms with Crippen LogP contribution < -0.4 is 11.1 Å². The van der Waals surface area contributed by atoms with E-state index in [1.807, 2.05) is 54.1 Å². The van der Waals surface area contributed by atoms with Crippen LogP contribution in [-0.2, 0) is 11.3 Å². The van der Waals surface area contributed by atoms with Gasteiger partial charge in [0, 0.05) is 37.8 Å². The Kier molecular flexibility index (Phi) is 4.86. The molecule has 0 fully saturated rings. The van der Waals surface area contributed by atoms with Gasteiger partial charge in [0.1, 0.15) is 11.3 Å². The van der Waals surface area contributed by atoms with Gasteiger partial charge >= 0.3 is 0 Å². The van der Waals surface area contributed by atoms with Gasteiger partial charge in [-0.05, 0) is 18.6 Å². The maximum Gasteiger partial charge on any atom is 0.221 e. The number of rotatable bonds is 6. The second-order valence-electron chi connectivity index (χ2n) is 5.70. The highest BCUT2D eigenvalue weighted by Crippen LogP contribution is 2.24. The minimum Gasteiger partial charge on any atom is -0.355 e. The predicted molar refractivity (Wildman–Crippen MR) is 94.4 cm³/mol. The number of nitrogens with one attached hydrogen (secondary N) is 1. The van der Waals surface area contributed by atoms with Crippen LogP contribution in [0.3, 0.4) is 0 Å². The predicted octanol–water partition coefficient (Wildman–Crippen LogP) is 1.87. The van der Waals surface area contributed by atoms with Crippen molar-refractivity contribution in [3.05, 3.63) is 48.2 Å². The van der Waals surface area contributed by atoms with Gasteiger partial charge in [0.25, 0.3) is 0 Å². The number of pyridine rings is 1. The van der Waals surface area contributed by atoms with Crippen LogP contribution in [-0.4, -0.2) is 33.5 Å². The molecule has 0 aliphatic rings. The third-order valence-corrected chi connectivity index (χ3v) is 3.78. The van der Waals surface area contributed by atoms with Crippen molar-refractivity contribution in [1.82, 2.24) is 19.9 Å². The Bertz CT molecular complexity index is 841. The highest BCUT2D eigenvalue weighted by atomic mass is 16.1. The molecule has 3 aromatic rings. The highest BCUT2D eigenvalue weighted by molar-refractivity contribution is 5.79. The summed E-state index contributed by atoms with van der Waals surface area (Å²) >= 11 is 0. The molecule has 6 heteroatoms. The first-order chi connectivity index (χ1) is 11.7. The molecule has 1 amide bonds. The second kappa shape index (κ2) is 7.23. The first-order valence-electron chi connectivity index (χ1n) is 8.04. The minimum absolute atomic E-state index is 0.0200. The molecule has 0 spiro atoms. The molecule has 24 heavy (non-hydrogen) atoms. The molecule has 2 heterocycles. The standard InChI is InChI=1S/C18H21N5O/c1-13-11-15-18(21-12-13)23(10-7-16(24)20-9-8-19)17(22-15)14-5-3-2-4-6-14/h2-6,11-12H,7-10,19H2,1H3,(H,20,24). The second-order valence-corrected chi connectivity index (χ2v) is 5.70. The molecule has 124 valence electrons. The lowest BCUT2D eigenvalue weighted by Crippen LogP contribution is -2.29. The number of carbonyl (C=O) groups is 1. The lowest BCUT2D eigenvalue weighted by Gasteiger charge is -2.09. The van der Waals surface area contributed by atoms with Crippen LogP contribution in [0.1, 0.15) is 12.0 Å². The van der Waals surface area contributed by atoms with Crippen LogP contribution in [0.15, 0.2) is 42.6 Å². The SMILES string of the molecule is Cc1cnc2c(c1)nc(-c1ccccc1)n2CCC(=O)NCCN. The van der Waals surface area contributed by atoms with E-state index in [4.69, 9.17) is 10.7 Å². The zero-order valence-electron chi connectivity index (χ0n) is 13.7. The molecule has 2 aromatic heterocycles. The van der Waals surface area contributed by atoms with E-state index in [0.717, 1.165) is 28.1 Å². The Hall–Kier alpha value is -2.73. The van der Waals surface area contributed by atoms with Crippen LogP contribution in [0.2, 0.25) is 0 Å². The van der Waals surface area contributed by atoms with E-state index in [1.165, 1.54) is 0 Å². The van der Waals surface area contributed by atoms with Crippen molar-refractivity contribution in [2.45, 2.75) is 19.9 Å². The number of aryl methyl sites for hydroxylation is 2. The van der Waals surface area contributed by atoms with Gasteiger partial charge in [-0.1, -0.05) is 30.3 Å². The summed E-state index contributed by atoms with van der Waals surface area (Å²) in [5.74, 6) is 0.809. The highest BCUT2D eigenvalue weighted by Gasteiger charge is 2.14. The summed E-state index contributed by atoms with van der Waals surface area (Å²) < 4.78 is 2.01. The van der Waals surface area contributed by atoms with Crippen molar-refractivity contribution in [3.8, 4) is 11.4 Å². The van der Waals surface area contributed by atoms with Crippen LogP contribution in [0.5, 0.6) is 0 Å². The molecule has 1 aromatic carbocycles. The minimum atomic E-state index is -0.0200. The number of amides is 1. The number of benzene rings is 1. The molecule has 0 saturated heterocycles. The first-order valence-corrected chi connectivity index (χ1v) is 8.04. The molecule has 0 aliphatic carbocycles. The van der Waals surface area contributed by atoms with Crippen molar-refractivity contribution >= 4 is 17.1 Å². The summed E-state index contributed by atoms with van der Waals surface area (Å²) in [7, 11) is 0. The molecule has 0 atom stereocenters. The van der Waals surface area contributed by atoms with Gasteiger partial charge < -0.3 is 15.6 Å². The summed E-state index contributed by atoms with van der Waals surface area (Å²) in [5, 5.41) is 2.79. The zero-order chi connectivity index (χ0) is 16.9. The van der Waals surface area contributed by atoms with E-state index in [-0.39, 0.29) is 5.91 Å². The Labute approximate surface area is 140 Å². The quantitative estimate of drug-likeness (QED) is 0.725. The van der Waals surface area contributed by atoms with Crippen molar-refractivity contribution in [2.24, 2.45) is 5.73 Å². The maximum atomic E-state index is 11.9. The van der Waals surface area contributed by atoms with E-state index in [2.05, 4.69) is 10.3 Å². The number of carbonyl (C=O) groups excluding carboxylic acids is 1. The number of imidazole rings is 1. The first kappa shape index (κ1) is 16.1. The molecule has 3 rings (SSSR count). The van der Waals surface area contributed by atoms with E-state index in [0.29, 0.717) is 26.1 Å². The normalized spacial score (nSPS) is 10.9. The van der Waals surface area contributed by atoms with Crippen molar-refractivity contribution in [1.29, 1.82) is 0 Å². The van der Waals surface area contributed by atoms with Gasteiger partial charge in [0.2, 0.25) is 5.91 Å². The monoisotopic (exact) mass is 323 g/mol. The third-order valence-electron chi connectivity index (χ3n) is 3.78. The number of fused-ring (bicyclic) bond motifs is 1. The van der Waals surface area contributed by atoms with E-state index >= 15 is 0 Å². The molecule has 3 N–H and O–H groups in total. The largest absolute Gasteiger partial charge is 0.355 e. The van der Waals surface area contributed by atoms with Crippen molar-refractivity contribution < 1.29 is 4.79 Å². The number of hydrogen-bond acceptors (Lipinski definition) is 4. The van der Waals surface area contributed by atoms with Crippen LogP contribution in [0.25, 0.3) is 22.6 Å². The van der Waals surface area contributed by atoms with Gasteiger partial charge in [-0.3, -0.25) is 4.79 Å². The van der Waals surface area contributed by atoms with Gasteiger partial charge in [-0.2, -0.15) is 0 Å². The fourth-order valence-electron chi connectivity index (χ4n) is 2.64. The van der Waals surface area contributed by atoms with Gasteiger partial charge in [0.05, 0.1) is 0 Å². The van der Waals surface area contributed by atoms with Gasteiger partial charge in [0.15, 0.2) is 5.65 Å². The third kappa shape index (κ3) is 3.44. The lowest BCUT2D eigenvalue weighted by atomic mass is 10.2. The smallest absolute Gasteiger partial charge is 0.221 e. The number of aromatic nitrogens is 3. The van der Waals surface area contributed by atoms with E-state index in [1.54, 1.807) is 0 Å². The molecule has 6 nitrogen and oxygen atoms in total. The Morgan fingerprint density at radius 3 is 2.83 bits per heavy atom. The van der Waals surface area contributed by atoms with E-state index in [9.17, 15) is 4.79 Å². The fraction of sp³-hybridized carbons (Fsp3) is 0.278. The molecule has 0 aliphatic heterocycles. The lowest BCUT2D eigenvalue weighted by molar-refractivity contribution is -0.121. The Morgan fingerprint density at radius 2 is 2.08 bits per heavy atom. The summed E-state index contributed by atoms with van der Waals surface area (Å²) in [5.41, 5.74) is 9.13. The Balaban J connectivity index is 1.96. The molecule has 0 radical (unpaired) electrons. The summed E-state index contributed by atoms with van der Waals surface area (Å²) in [4.78, 5) is 21.2. The molecule has 0 bridgehead atoms. The molecular weight excluding hydrogens is 302 g/mol. The van der Waals surface area contributed by atoms with Crippen molar-refractivity contribution in [2.75, 3.05) is 13.1 Å². The van der Waals surface area contributed by atoms with E-state index < -0.39 is 0 Å². The van der Waals surface area contributed by atoms with Gasteiger partial charge in [-0.25, -0.2) is 9.97 Å². The van der Waals surface area contributed by atoms with Crippen LogP contribution in [0, 0.1) is 6.92 Å². The van der Waals surface area contributed by atoms with Gasteiger partial charge in [-0.15, -0.1) is 0 Å². The summed E-state index contributed by atoms with van der Waals surface area (Å²) in [6.45, 7) is 3.45. The summed E-state index contributed by atoms with van der Waals surface area (Å²) in [6, 6.07) is 12.0. The van der Waals surface area contributed by atoms with Crippen LogP contribution in [0.4, 0.5) is 0 Å². The number of nitrogens with zero attached hydrogens (tertiary/aromatic N) is 3. The fourth-order valence-corrected chi connectivity index (χ4v) is 2.64. The number of nitrogens with two attached hydrogens (primary N) is 1. The topological polar surface area (TPSA) is 85.8 Å². The molecule has 0 unspecified atom stereocenters. The zero-order valence-corrected chi connectivity index (χ0v) is 13.7.